The van der Waals surface area contributed by atoms with Crippen molar-refractivity contribution in [3.8, 4) is 0 Å². The van der Waals surface area contributed by atoms with Crippen molar-refractivity contribution in [2.45, 2.75) is 32.4 Å². The van der Waals surface area contributed by atoms with Crippen LogP contribution in [0.1, 0.15) is 30.4 Å². The number of imidazole rings is 1. The van der Waals surface area contributed by atoms with E-state index in [0.717, 1.165) is 87.6 Å². The van der Waals surface area contributed by atoms with Gasteiger partial charge >= 0.3 is 0 Å². The zero-order valence-electron chi connectivity index (χ0n) is 29.0. The maximum Gasteiger partial charge on any atom is 0.236 e. The molecular formula is C40H49N7O3. The Bertz CT molecular complexity index is 1910. The van der Waals surface area contributed by atoms with E-state index in [0.29, 0.717) is 32.2 Å². The fraction of sp³-hybridized carbons (Fsp3) is 0.375. The van der Waals surface area contributed by atoms with E-state index in [-0.39, 0.29) is 0 Å². The molecule has 0 atom stereocenters. The van der Waals surface area contributed by atoms with Crippen LogP contribution in [0.3, 0.4) is 0 Å². The number of anilines is 1. The number of nitrogens with zero attached hydrogens (tertiary/aromatic N) is 5. The fourth-order valence-electron chi connectivity index (χ4n) is 6.47. The standard InChI is InChI=1S/C23H31N3O2.C17H18N4O/c1-24-11-14-27-16-17-28-15-12-25-18-21-8-5-9-23-22(21)10-13-26(23)19-20-6-3-2-4-7-20;22-12-8-13-5-9-20(10-6-13)16-7-11-21-15-4-2-1-3-14(15)18-17(21)19-16/h2-10,13,24-25H,11-12,14-19H2,1H3;1-4,7,11-13H,5-6,8-10H2. The minimum Gasteiger partial charge on any atom is -0.378 e. The quantitative estimate of drug-likeness (QED) is 0.0994. The number of carbonyl (C=O) groups excluding carboxylic acids is 1. The SMILES string of the molecule is CNCCOCCOCCNCc1cccc2c1ccn2Cc1ccccc1.O=CCC1CCN(c2ccn3c(n2)nc2ccccc23)CC1. The molecular weight excluding hydrogens is 626 g/mol. The largest absolute Gasteiger partial charge is 0.378 e. The van der Waals surface area contributed by atoms with Gasteiger partial charge in [-0.05, 0) is 67.3 Å². The molecule has 1 saturated heterocycles. The Balaban J connectivity index is 0.000000177. The normalized spacial score (nSPS) is 13.6. The van der Waals surface area contributed by atoms with Gasteiger partial charge in [-0.2, -0.15) is 4.98 Å². The van der Waals surface area contributed by atoms with Crippen LogP contribution < -0.4 is 15.5 Å². The lowest BCUT2D eigenvalue weighted by atomic mass is 9.94. The first-order valence-electron chi connectivity index (χ1n) is 17.8. The molecule has 10 heteroatoms. The minimum atomic E-state index is 0.534. The lowest BCUT2D eigenvalue weighted by Gasteiger charge is -2.32. The topological polar surface area (TPSA) is 97.9 Å². The van der Waals surface area contributed by atoms with Crippen LogP contribution in [0.5, 0.6) is 0 Å². The van der Waals surface area contributed by atoms with E-state index in [1.165, 1.54) is 22.0 Å². The summed E-state index contributed by atoms with van der Waals surface area (Å²) in [5.41, 5.74) is 5.96. The van der Waals surface area contributed by atoms with Gasteiger partial charge < -0.3 is 34.4 Å². The molecule has 0 saturated carbocycles. The fourth-order valence-corrected chi connectivity index (χ4v) is 6.47. The Hall–Kier alpha value is -4.61. The number of rotatable bonds is 16. The Morgan fingerprint density at radius 2 is 1.56 bits per heavy atom. The summed E-state index contributed by atoms with van der Waals surface area (Å²) in [6.45, 7) is 8.08. The van der Waals surface area contributed by atoms with E-state index in [2.05, 4.69) is 98.0 Å². The van der Waals surface area contributed by atoms with Crippen molar-refractivity contribution in [3.63, 3.8) is 0 Å². The second kappa shape index (κ2) is 18.4. The van der Waals surface area contributed by atoms with Gasteiger partial charge in [0.1, 0.15) is 12.1 Å². The van der Waals surface area contributed by atoms with Crippen molar-refractivity contribution >= 4 is 39.8 Å². The molecule has 10 nitrogen and oxygen atoms in total. The monoisotopic (exact) mass is 675 g/mol. The zero-order valence-corrected chi connectivity index (χ0v) is 29.0. The molecule has 3 aromatic carbocycles. The summed E-state index contributed by atoms with van der Waals surface area (Å²) in [5.74, 6) is 2.26. The van der Waals surface area contributed by atoms with E-state index in [1.54, 1.807) is 0 Å². The molecule has 0 aliphatic carbocycles. The molecule has 0 radical (unpaired) electrons. The third-order valence-electron chi connectivity index (χ3n) is 9.24. The molecule has 0 bridgehead atoms. The second-order valence-corrected chi connectivity index (χ2v) is 12.7. The number of fused-ring (bicyclic) bond motifs is 4. The van der Waals surface area contributed by atoms with Crippen LogP contribution in [-0.2, 0) is 27.4 Å². The van der Waals surface area contributed by atoms with Crippen LogP contribution in [0.25, 0.3) is 27.7 Å². The van der Waals surface area contributed by atoms with Gasteiger partial charge in [0.25, 0.3) is 0 Å². The molecule has 1 aliphatic rings. The number of aromatic nitrogens is 4. The predicted octanol–water partition coefficient (Wildman–Crippen LogP) is 5.72. The van der Waals surface area contributed by atoms with Crippen LogP contribution in [0.2, 0.25) is 0 Å². The van der Waals surface area contributed by atoms with Crippen LogP contribution in [-0.4, -0.2) is 84.9 Å². The van der Waals surface area contributed by atoms with E-state index in [1.807, 2.05) is 35.8 Å². The Morgan fingerprint density at radius 1 is 0.800 bits per heavy atom. The van der Waals surface area contributed by atoms with Crippen molar-refractivity contribution in [2.75, 3.05) is 64.6 Å². The number of para-hydroxylation sites is 2. The van der Waals surface area contributed by atoms with Crippen LogP contribution in [0.15, 0.2) is 97.3 Å². The molecule has 0 amide bonds. The maximum absolute atomic E-state index is 10.6. The molecule has 0 spiro atoms. The number of nitrogens with one attached hydrogen (secondary N) is 2. The van der Waals surface area contributed by atoms with Gasteiger partial charge in [-0.3, -0.25) is 4.40 Å². The summed E-state index contributed by atoms with van der Waals surface area (Å²) in [7, 11) is 1.92. The first-order valence-corrected chi connectivity index (χ1v) is 17.8. The molecule has 6 aromatic rings. The van der Waals surface area contributed by atoms with Gasteiger partial charge in [0.2, 0.25) is 5.78 Å². The number of ether oxygens (including phenoxy) is 2. The minimum absolute atomic E-state index is 0.534. The van der Waals surface area contributed by atoms with Gasteiger partial charge in [0.05, 0.1) is 37.5 Å². The molecule has 1 fully saturated rings. The van der Waals surface area contributed by atoms with Gasteiger partial charge in [-0.1, -0.05) is 54.6 Å². The Labute approximate surface area is 294 Å². The lowest BCUT2D eigenvalue weighted by molar-refractivity contribution is -0.108. The molecule has 4 heterocycles. The van der Waals surface area contributed by atoms with Crippen molar-refractivity contribution in [2.24, 2.45) is 5.92 Å². The number of likely N-dealkylation sites (N-methyl/N-ethyl adjacent to an activating group) is 1. The third-order valence-corrected chi connectivity index (χ3v) is 9.24. The highest BCUT2D eigenvalue weighted by Gasteiger charge is 2.20. The highest BCUT2D eigenvalue weighted by atomic mass is 16.5. The number of piperidine rings is 1. The highest BCUT2D eigenvalue weighted by Crippen LogP contribution is 2.25. The third kappa shape index (κ3) is 9.34. The second-order valence-electron chi connectivity index (χ2n) is 12.7. The van der Waals surface area contributed by atoms with Crippen LogP contribution in [0, 0.1) is 5.92 Å². The lowest BCUT2D eigenvalue weighted by Crippen LogP contribution is -2.34. The number of carbonyl (C=O) groups is 1. The number of hydrogen-bond acceptors (Lipinski definition) is 8. The highest BCUT2D eigenvalue weighted by molar-refractivity contribution is 5.84. The smallest absolute Gasteiger partial charge is 0.236 e. The number of benzene rings is 3. The molecule has 0 unspecified atom stereocenters. The van der Waals surface area contributed by atoms with E-state index < -0.39 is 0 Å². The summed E-state index contributed by atoms with van der Waals surface area (Å²) in [5, 5.41) is 7.84. The summed E-state index contributed by atoms with van der Waals surface area (Å²) < 4.78 is 15.4. The Kier molecular flexibility index (Phi) is 13.0. The molecule has 2 N–H and O–H groups in total. The summed E-state index contributed by atoms with van der Waals surface area (Å²) in [4.78, 5) is 22.2. The van der Waals surface area contributed by atoms with Gasteiger partial charge in [-0.25, -0.2) is 4.98 Å². The molecule has 3 aromatic heterocycles. The van der Waals surface area contributed by atoms with Gasteiger partial charge in [-0.15, -0.1) is 0 Å². The predicted molar refractivity (Wildman–Crippen MR) is 201 cm³/mol. The maximum atomic E-state index is 10.6. The van der Waals surface area contributed by atoms with Gasteiger partial charge in [0, 0.05) is 69.0 Å². The number of aldehydes is 1. The summed E-state index contributed by atoms with van der Waals surface area (Å²) in [6.07, 6.45) is 8.07. The Morgan fingerprint density at radius 3 is 2.36 bits per heavy atom. The average molecular weight is 676 g/mol. The average Bonchev–Trinajstić information content (AvgIpc) is 3.75. The summed E-state index contributed by atoms with van der Waals surface area (Å²) >= 11 is 0. The zero-order chi connectivity index (χ0) is 34.4. The van der Waals surface area contributed by atoms with Crippen LogP contribution >= 0.6 is 0 Å². The van der Waals surface area contributed by atoms with Crippen molar-refractivity contribution in [3.05, 3.63) is 108 Å². The molecule has 1 aliphatic heterocycles. The van der Waals surface area contributed by atoms with E-state index in [4.69, 9.17) is 14.5 Å². The van der Waals surface area contributed by atoms with E-state index >= 15 is 0 Å². The molecule has 50 heavy (non-hydrogen) atoms. The van der Waals surface area contributed by atoms with Crippen LogP contribution in [0.4, 0.5) is 5.82 Å². The summed E-state index contributed by atoms with van der Waals surface area (Å²) in [6, 6.07) is 29.5. The number of hydrogen-bond donors (Lipinski definition) is 2. The first kappa shape index (κ1) is 35.2. The first-order chi connectivity index (χ1) is 24.7. The van der Waals surface area contributed by atoms with Crippen molar-refractivity contribution in [1.82, 2.24) is 29.6 Å². The van der Waals surface area contributed by atoms with E-state index in [9.17, 15) is 4.79 Å². The molecule has 7 rings (SSSR count). The molecule has 262 valence electrons. The van der Waals surface area contributed by atoms with Gasteiger partial charge in [0.15, 0.2) is 0 Å². The van der Waals surface area contributed by atoms with Crippen molar-refractivity contribution in [1.29, 1.82) is 0 Å². The van der Waals surface area contributed by atoms with Crippen molar-refractivity contribution < 1.29 is 14.3 Å².